The summed E-state index contributed by atoms with van der Waals surface area (Å²) in [5, 5.41) is 0. The van der Waals surface area contributed by atoms with E-state index >= 15 is 0 Å². The Labute approximate surface area is 148 Å². The second kappa shape index (κ2) is 6.98. The van der Waals surface area contributed by atoms with Crippen molar-refractivity contribution in [3.8, 4) is 11.5 Å². The number of hydrogen-bond donors (Lipinski definition) is 1. The first kappa shape index (κ1) is 18.8. The number of carbonyl (C=O) groups is 1. The first-order valence-corrected chi connectivity index (χ1v) is 9.70. The van der Waals surface area contributed by atoms with Gasteiger partial charge < -0.3 is 9.47 Å². The molecule has 144 valence electrons. The van der Waals surface area contributed by atoms with E-state index in [9.17, 15) is 26.4 Å². The molecular formula is C16H18F3NO5S. The van der Waals surface area contributed by atoms with Gasteiger partial charge >= 0.3 is 6.18 Å². The lowest BCUT2D eigenvalue weighted by atomic mass is 9.78. The number of nitrogens with one attached hydrogen (secondary N) is 1. The highest BCUT2D eigenvalue weighted by Gasteiger charge is 2.48. The minimum absolute atomic E-state index is 0.00662. The Hall–Kier alpha value is -1.97. The topological polar surface area (TPSA) is 81.7 Å². The van der Waals surface area contributed by atoms with Crippen molar-refractivity contribution < 1.29 is 35.9 Å². The van der Waals surface area contributed by atoms with Crippen molar-refractivity contribution in [3.05, 3.63) is 18.2 Å². The van der Waals surface area contributed by atoms with E-state index in [1.165, 1.54) is 18.2 Å². The number of benzene rings is 1. The van der Waals surface area contributed by atoms with Gasteiger partial charge in [0, 0.05) is 6.07 Å². The van der Waals surface area contributed by atoms with Crippen LogP contribution in [0.1, 0.15) is 25.7 Å². The van der Waals surface area contributed by atoms with Gasteiger partial charge in [-0.15, -0.1) is 0 Å². The number of sulfonamides is 1. The molecular weight excluding hydrogens is 375 g/mol. The minimum Gasteiger partial charge on any atom is -0.486 e. The van der Waals surface area contributed by atoms with Gasteiger partial charge in [0.15, 0.2) is 11.5 Å². The van der Waals surface area contributed by atoms with Gasteiger partial charge in [-0.25, -0.2) is 13.1 Å². The van der Waals surface area contributed by atoms with Crippen LogP contribution in [-0.4, -0.2) is 33.7 Å². The van der Waals surface area contributed by atoms with Gasteiger partial charge in [0.05, 0.1) is 16.7 Å². The zero-order valence-corrected chi connectivity index (χ0v) is 14.5. The highest BCUT2D eigenvalue weighted by Crippen LogP contribution is 2.41. The van der Waals surface area contributed by atoms with E-state index in [0.717, 1.165) is 0 Å². The van der Waals surface area contributed by atoms with Crippen molar-refractivity contribution in [2.24, 2.45) is 11.8 Å². The van der Waals surface area contributed by atoms with Crippen molar-refractivity contribution in [2.75, 3.05) is 13.2 Å². The minimum atomic E-state index is -4.54. The van der Waals surface area contributed by atoms with Crippen LogP contribution < -0.4 is 14.2 Å². The Balaban J connectivity index is 1.79. The monoisotopic (exact) mass is 393 g/mol. The maximum atomic E-state index is 13.1. The molecule has 0 spiro atoms. The average molecular weight is 393 g/mol. The van der Waals surface area contributed by atoms with Crippen LogP contribution in [0, 0.1) is 11.8 Å². The molecule has 1 aromatic rings. The van der Waals surface area contributed by atoms with Gasteiger partial charge in [0.2, 0.25) is 5.91 Å². The maximum Gasteiger partial charge on any atom is 0.392 e. The SMILES string of the molecule is O=C(NS(=O)(=O)c1ccc2c(c1)OCCO2)[C@H]1CCCC[C@H]1C(F)(F)F. The van der Waals surface area contributed by atoms with Crippen LogP contribution >= 0.6 is 0 Å². The standard InChI is InChI=1S/C16H18F3NO5S/c17-16(18,19)12-4-2-1-3-11(12)15(21)20-26(22,23)10-5-6-13-14(9-10)25-8-7-24-13/h5-6,9,11-12H,1-4,7-8H2,(H,20,21)/t11-,12+/m0/s1. The summed E-state index contributed by atoms with van der Waals surface area (Å²) in [6.45, 7) is 0.578. The first-order valence-electron chi connectivity index (χ1n) is 8.21. The zero-order chi connectivity index (χ0) is 18.9. The molecule has 1 aliphatic heterocycles. The van der Waals surface area contributed by atoms with Crippen LogP contribution in [-0.2, 0) is 14.8 Å². The molecule has 1 N–H and O–H groups in total. The summed E-state index contributed by atoms with van der Waals surface area (Å²) in [5.74, 6) is -3.78. The number of ether oxygens (including phenoxy) is 2. The molecule has 1 aromatic carbocycles. The van der Waals surface area contributed by atoms with Gasteiger partial charge in [-0.3, -0.25) is 4.79 Å². The average Bonchev–Trinajstić information content (AvgIpc) is 2.60. The summed E-state index contributed by atoms with van der Waals surface area (Å²) in [6.07, 6.45) is -3.89. The Morgan fingerprint density at radius 2 is 1.73 bits per heavy atom. The normalized spacial score (nSPS) is 23.3. The molecule has 26 heavy (non-hydrogen) atoms. The van der Waals surface area contributed by atoms with Crippen molar-refractivity contribution in [1.29, 1.82) is 0 Å². The second-order valence-corrected chi connectivity index (χ2v) is 8.00. The Morgan fingerprint density at radius 1 is 1.08 bits per heavy atom. The summed E-state index contributed by atoms with van der Waals surface area (Å²) < 4.78 is 76.6. The van der Waals surface area contributed by atoms with Gasteiger partial charge in [-0.1, -0.05) is 12.8 Å². The fourth-order valence-electron chi connectivity index (χ4n) is 3.29. The van der Waals surface area contributed by atoms with Crippen LogP contribution in [0.5, 0.6) is 11.5 Å². The van der Waals surface area contributed by atoms with Crippen molar-refractivity contribution in [3.63, 3.8) is 0 Å². The smallest absolute Gasteiger partial charge is 0.392 e. The first-order chi connectivity index (χ1) is 12.2. The molecule has 6 nitrogen and oxygen atoms in total. The molecule has 0 bridgehead atoms. The zero-order valence-electron chi connectivity index (χ0n) is 13.7. The fraction of sp³-hybridized carbons (Fsp3) is 0.562. The largest absolute Gasteiger partial charge is 0.486 e. The number of halogens is 3. The second-order valence-electron chi connectivity index (χ2n) is 6.31. The fourth-order valence-corrected chi connectivity index (χ4v) is 4.34. The highest BCUT2D eigenvalue weighted by molar-refractivity contribution is 7.90. The van der Waals surface area contributed by atoms with Crippen LogP contribution in [0.15, 0.2) is 23.1 Å². The predicted octanol–water partition coefficient (Wildman–Crippen LogP) is 2.63. The molecule has 1 amide bonds. The van der Waals surface area contributed by atoms with Gasteiger partial charge in [0.1, 0.15) is 13.2 Å². The molecule has 3 rings (SSSR count). The van der Waals surface area contributed by atoms with E-state index in [1.807, 2.05) is 0 Å². The molecule has 2 atom stereocenters. The number of hydrogen-bond acceptors (Lipinski definition) is 5. The summed E-state index contributed by atoms with van der Waals surface area (Å²) >= 11 is 0. The van der Waals surface area contributed by atoms with E-state index in [-0.39, 0.29) is 30.1 Å². The molecule has 0 unspecified atom stereocenters. The Kier molecular flexibility index (Phi) is 5.05. The van der Waals surface area contributed by atoms with Crippen molar-refractivity contribution in [2.45, 2.75) is 36.8 Å². The molecule has 0 saturated heterocycles. The number of carbonyl (C=O) groups excluding carboxylic acids is 1. The summed E-state index contributed by atoms with van der Waals surface area (Å²) in [7, 11) is -4.31. The Bertz CT molecular complexity index is 794. The lowest BCUT2D eigenvalue weighted by molar-refractivity contribution is -0.197. The quantitative estimate of drug-likeness (QED) is 0.854. The van der Waals surface area contributed by atoms with Crippen molar-refractivity contribution in [1.82, 2.24) is 4.72 Å². The van der Waals surface area contributed by atoms with Crippen LogP contribution in [0.3, 0.4) is 0 Å². The van der Waals surface area contributed by atoms with Crippen LogP contribution in [0.25, 0.3) is 0 Å². The van der Waals surface area contributed by atoms with E-state index in [0.29, 0.717) is 25.2 Å². The molecule has 1 heterocycles. The van der Waals surface area contributed by atoms with Crippen LogP contribution in [0.4, 0.5) is 13.2 Å². The number of alkyl halides is 3. The predicted molar refractivity (Wildman–Crippen MR) is 84.3 cm³/mol. The van der Waals surface area contributed by atoms with E-state index in [4.69, 9.17) is 9.47 Å². The number of amides is 1. The maximum absolute atomic E-state index is 13.1. The molecule has 1 aliphatic carbocycles. The molecule has 10 heteroatoms. The molecule has 2 aliphatic rings. The highest BCUT2D eigenvalue weighted by atomic mass is 32.2. The summed E-state index contributed by atoms with van der Waals surface area (Å²) in [5.41, 5.74) is 0. The van der Waals surface area contributed by atoms with E-state index < -0.39 is 33.9 Å². The number of rotatable bonds is 3. The third kappa shape index (κ3) is 3.89. The van der Waals surface area contributed by atoms with Crippen LogP contribution in [0.2, 0.25) is 0 Å². The molecule has 0 radical (unpaired) electrons. The summed E-state index contributed by atoms with van der Waals surface area (Å²) in [4.78, 5) is 12.0. The third-order valence-corrected chi connectivity index (χ3v) is 5.93. The molecule has 0 aromatic heterocycles. The van der Waals surface area contributed by atoms with Gasteiger partial charge in [-0.05, 0) is 25.0 Å². The molecule has 1 fully saturated rings. The van der Waals surface area contributed by atoms with Gasteiger partial charge in [-0.2, -0.15) is 13.2 Å². The molecule has 1 saturated carbocycles. The Morgan fingerprint density at radius 3 is 2.42 bits per heavy atom. The number of fused-ring (bicyclic) bond motifs is 1. The van der Waals surface area contributed by atoms with E-state index in [1.54, 1.807) is 4.72 Å². The summed E-state index contributed by atoms with van der Waals surface area (Å²) in [6, 6.07) is 3.78. The lowest BCUT2D eigenvalue weighted by Gasteiger charge is -2.31. The lowest BCUT2D eigenvalue weighted by Crippen LogP contribution is -2.44. The third-order valence-electron chi connectivity index (χ3n) is 4.58. The van der Waals surface area contributed by atoms with E-state index in [2.05, 4.69) is 0 Å². The van der Waals surface area contributed by atoms with Crippen molar-refractivity contribution >= 4 is 15.9 Å². The van der Waals surface area contributed by atoms with Gasteiger partial charge in [0.25, 0.3) is 10.0 Å².